The Labute approximate surface area is 116 Å². The van der Waals surface area contributed by atoms with Gasteiger partial charge in [0.25, 0.3) is 0 Å². The van der Waals surface area contributed by atoms with Crippen LogP contribution in [0, 0.1) is 17.1 Å². The molecule has 0 atom stereocenters. The lowest BCUT2D eigenvalue weighted by Crippen LogP contribution is -1.86. The zero-order valence-corrected chi connectivity index (χ0v) is 11.8. The molecule has 0 aliphatic carbocycles. The molecule has 0 bridgehead atoms. The first kappa shape index (κ1) is 13.3. The van der Waals surface area contributed by atoms with Crippen molar-refractivity contribution < 1.29 is 4.39 Å². The number of halogens is 1. The Morgan fingerprint density at radius 3 is 2.78 bits per heavy atom. The van der Waals surface area contributed by atoms with E-state index in [1.807, 2.05) is 12.3 Å². The summed E-state index contributed by atoms with van der Waals surface area (Å²) in [5, 5.41) is 16.8. The zero-order valence-electron chi connectivity index (χ0n) is 9.38. The molecule has 0 aliphatic heterocycles. The summed E-state index contributed by atoms with van der Waals surface area (Å²) in [5.74, 6) is 0.196. The maximum Gasteiger partial charge on any atom is 0.175 e. The molecule has 3 nitrogen and oxygen atoms in total. The van der Waals surface area contributed by atoms with Crippen LogP contribution in [0.2, 0.25) is 0 Å². The molecule has 1 heterocycles. The second-order valence-corrected chi connectivity index (χ2v) is 6.54. The van der Waals surface area contributed by atoms with E-state index in [1.54, 1.807) is 17.8 Å². The van der Waals surface area contributed by atoms with Gasteiger partial charge in [-0.15, -0.1) is 10.2 Å². The normalized spacial score (nSPS) is 10.3. The summed E-state index contributed by atoms with van der Waals surface area (Å²) in [6, 6.07) is 6.29. The van der Waals surface area contributed by atoms with Crippen LogP contribution in [0.4, 0.5) is 4.39 Å². The minimum absolute atomic E-state index is 0.340. The fourth-order valence-corrected chi connectivity index (χ4v) is 3.65. The van der Waals surface area contributed by atoms with Gasteiger partial charge in [-0.05, 0) is 30.0 Å². The second-order valence-electron chi connectivity index (χ2n) is 3.29. The van der Waals surface area contributed by atoms with Crippen LogP contribution in [-0.2, 0) is 5.75 Å². The van der Waals surface area contributed by atoms with Crippen molar-refractivity contribution in [2.24, 2.45) is 0 Å². The van der Waals surface area contributed by atoms with Gasteiger partial charge in [-0.2, -0.15) is 5.26 Å². The minimum Gasteiger partial charge on any atom is -0.207 e. The molecule has 1 aromatic heterocycles. The average Bonchev–Trinajstić information content (AvgIpc) is 2.83. The minimum atomic E-state index is -0.383. The zero-order chi connectivity index (χ0) is 13.0. The van der Waals surface area contributed by atoms with Crippen LogP contribution in [0.5, 0.6) is 0 Å². The third-order valence-electron chi connectivity index (χ3n) is 2.01. The molecule has 92 valence electrons. The number of hydrogen-bond acceptors (Lipinski definition) is 6. The van der Waals surface area contributed by atoms with Gasteiger partial charge in [-0.3, -0.25) is 0 Å². The molecule has 18 heavy (non-hydrogen) atoms. The van der Waals surface area contributed by atoms with E-state index in [9.17, 15) is 4.39 Å². The first-order valence-corrected chi connectivity index (χ1v) is 7.94. The molecule has 0 saturated heterocycles. The number of hydrogen-bond donors (Lipinski definition) is 0. The maximum atomic E-state index is 13.2. The van der Waals surface area contributed by atoms with E-state index in [1.165, 1.54) is 35.2 Å². The van der Waals surface area contributed by atoms with Gasteiger partial charge in [0.1, 0.15) is 5.82 Å². The molecule has 0 aliphatic rings. The van der Waals surface area contributed by atoms with Crippen molar-refractivity contribution in [1.82, 2.24) is 10.2 Å². The summed E-state index contributed by atoms with van der Waals surface area (Å²) in [6.45, 7) is 0. The molecule has 0 radical (unpaired) electrons. The van der Waals surface area contributed by atoms with Gasteiger partial charge in [0.2, 0.25) is 0 Å². The highest BCUT2D eigenvalue weighted by atomic mass is 32.2. The molecular weight excluding hydrogens is 289 g/mol. The Morgan fingerprint density at radius 2 is 2.11 bits per heavy atom. The predicted molar refractivity (Wildman–Crippen MR) is 72.4 cm³/mol. The maximum absolute atomic E-state index is 13.2. The molecule has 2 aromatic rings. The second kappa shape index (κ2) is 6.18. The molecule has 1 aromatic carbocycles. The lowest BCUT2D eigenvalue weighted by Gasteiger charge is -2.00. The molecular formula is C11H8FN3S3. The van der Waals surface area contributed by atoms with Crippen LogP contribution >= 0.6 is 34.9 Å². The highest BCUT2D eigenvalue weighted by Gasteiger charge is 2.06. The summed E-state index contributed by atoms with van der Waals surface area (Å²) >= 11 is 4.55. The Kier molecular flexibility index (Phi) is 4.58. The smallest absolute Gasteiger partial charge is 0.175 e. The SMILES string of the molecule is CSc1nnc(SCc2cc(F)cc(C#N)c2)s1. The fraction of sp³-hybridized carbons (Fsp3) is 0.182. The average molecular weight is 297 g/mol. The summed E-state index contributed by atoms with van der Waals surface area (Å²) in [6.07, 6.45) is 1.95. The van der Waals surface area contributed by atoms with Gasteiger partial charge in [0, 0.05) is 5.75 Å². The van der Waals surface area contributed by atoms with Crippen LogP contribution in [-0.4, -0.2) is 16.5 Å². The van der Waals surface area contributed by atoms with Gasteiger partial charge in [0.15, 0.2) is 8.68 Å². The Hall–Kier alpha value is -1.10. The predicted octanol–water partition coefficient (Wildman–Crippen LogP) is 3.56. The molecule has 0 saturated carbocycles. The van der Waals surface area contributed by atoms with Crippen LogP contribution < -0.4 is 0 Å². The van der Waals surface area contributed by atoms with Gasteiger partial charge in [-0.1, -0.05) is 34.9 Å². The largest absolute Gasteiger partial charge is 0.207 e. The third kappa shape index (κ3) is 3.45. The summed E-state index contributed by atoms with van der Waals surface area (Å²) < 4.78 is 15.0. The number of rotatable bonds is 4. The van der Waals surface area contributed by atoms with E-state index in [0.29, 0.717) is 11.3 Å². The fourth-order valence-electron chi connectivity index (χ4n) is 1.28. The Morgan fingerprint density at radius 1 is 1.33 bits per heavy atom. The number of nitrogens with zero attached hydrogens (tertiary/aromatic N) is 3. The van der Waals surface area contributed by atoms with Gasteiger partial charge >= 0.3 is 0 Å². The molecule has 0 spiro atoms. The molecule has 0 N–H and O–H groups in total. The molecule has 0 amide bonds. The van der Waals surface area contributed by atoms with Crippen LogP contribution in [0.3, 0.4) is 0 Å². The van der Waals surface area contributed by atoms with Crippen molar-refractivity contribution >= 4 is 34.9 Å². The first-order chi connectivity index (χ1) is 8.71. The van der Waals surface area contributed by atoms with Crippen LogP contribution in [0.15, 0.2) is 26.9 Å². The van der Waals surface area contributed by atoms with E-state index in [0.717, 1.165) is 14.2 Å². The third-order valence-corrected chi connectivity index (χ3v) is 5.11. The monoisotopic (exact) mass is 297 g/mol. The number of aromatic nitrogens is 2. The first-order valence-electron chi connectivity index (χ1n) is 4.91. The van der Waals surface area contributed by atoms with E-state index < -0.39 is 0 Å². The van der Waals surface area contributed by atoms with E-state index in [4.69, 9.17) is 5.26 Å². The van der Waals surface area contributed by atoms with Crippen molar-refractivity contribution in [1.29, 1.82) is 5.26 Å². The number of nitriles is 1. The van der Waals surface area contributed by atoms with E-state index in [-0.39, 0.29) is 5.82 Å². The molecule has 7 heteroatoms. The Balaban J connectivity index is 2.06. The number of benzene rings is 1. The van der Waals surface area contributed by atoms with Gasteiger partial charge < -0.3 is 0 Å². The highest BCUT2D eigenvalue weighted by Crippen LogP contribution is 2.29. The van der Waals surface area contributed by atoms with Crippen molar-refractivity contribution in [3.8, 4) is 6.07 Å². The highest BCUT2D eigenvalue weighted by molar-refractivity contribution is 8.02. The quantitative estimate of drug-likeness (QED) is 0.808. The molecule has 0 fully saturated rings. The molecule has 2 rings (SSSR count). The standard InChI is InChI=1S/C11H8FN3S3/c1-16-10-14-15-11(18-10)17-6-8-2-7(5-13)3-9(12)4-8/h2-4H,6H2,1H3. The summed E-state index contributed by atoms with van der Waals surface area (Å²) in [5.41, 5.74) is 1.12. The van der Waals surface area contributed by atoms with Gasteiger partial charge in [-0.25, -0.2) is 4.39 Å². The molecule has 0 unspecified atom stereocenters. The van der Waals surface area contributed by atoms with Crippen molar-refractivity contribution in [3.05, 3.63) is 35.1 Å². The topological polar surface area (TPSA) is 49.6 Å². The summed E-state index contributed by atoms with van der Waals surface area (Å²) in [4.78, 5) is 0. The van der Waals surface area contributed by atoms with Crippen molar-refractivity contribution in [2.45, 2.75) is 14.4 Å². The van der Waals surface area contributed by atoms with Gasteiger partial charge in [0.05, 0.1) is 11.6 Å². The summed E-state index contributed by atoms with van der Waals surface area (Å²) in [7, 11) is 0. The van der Waals surface area contributed by atoms with Crippen molar-refractivity contribution in [3.63, 3.8) is 0 Å². The lowest BCUT2D eigenvalue weighted by atomic mass is 10.1. The van der Waals surface area contributed by atoms with E-state index >= 15 is 0 Å². The lowest BCUT2D eigenvalue weighted by molar-refractivity contribution is 0.626. The van der Waals surface area contributed by atoms with Crippen LogP contribution in [0.1, 0.15) is 11.1 Å². The Bertz CT molecular complexity index is 591. The van der Waals surface area contributed by atoms with Crippen molar-refractivity contribution in [2.75, 3.05) is 6.26 Å². The number of thioether (sulfide) groups is 2. The van der Waals surface area contributed by atoms with E-state index in [2.05, 4.69) is 10.2 Å². The van der Waals surface area contributed by atoms with Crippen LogP contribution in [0.25, 0.3) is 0 Å².